The van der Waals surface area contributed by atoms with Crippen LogP contribution in [0, 0.1) is 6.92 Å². The van der Waals surface area contributed by atoms with E-state index in [4.69, 9.17) is 11.6 Å². The Bertz CT molecular complexity index is 845. The molecule has 1 nitrogen and oxygen atoms in total. The summed E-state index contributed by atoms with van der Waals surface area (Å²) in [5.41, 5.74) is 4.35. The largest absolute Gasteiger partial charge is 0.248 e. The Morgan fingerprint density at radius 2 is 1.64 bits per heavy atom. The van der Waals surface area contributed by atoms with Crippen molar-refractivity contribution in [3.05, 3.63) is 88.6 Å². The predicted molar refractivity (Wildman–Crippen MR) is 96.0 cm³/mol. The molecule has 1 heterocycles. The average molecular weight is 306 g/mol. The first-order valence-corrected chi connectivity index (χ1v) is 7.56. The molecule has 0 spiro atoms. The summed E-state index contributed by atoms with van der Waals surface area (Å²) in [4.78, 5) is 4.63. The zero-order valence-electron chi connectivity index (χ0n) is 12.3. The van der Waals surface area contributed by atoms with Crippen LogP contribution in [-0.4, -0.2) is 4.98 Å². The maximum absolute atomic E-state index is 5.86. The number of rotatable bonds is 3. The number of aryl methyl sites for hydroxylation is 1. The van der Waals surface area contributed by atoms with Crippen molar-refractivity contribution in [2.24, 2.45) is 0 Å². The molecule has 3 rings (SSSR count). The van der Waals surface area contributed by atoms with Crippen LogP contribution in [0.4, 0.5) is 0 Å². The van der Waals surface area contributed by atoms with E-state index in [1.54, 1.807) is 0 Å². The molecule has 0 radical (unpaired) electrons. The van der Waals surface area contributed by atoms with Crippen molar-refractivity contribution in [1.82, 2.24) is 4.98 Å². The molecule has 3 aromatic rings. The third-order valence-electron chi connectivity index (χ3n) is 3.40. The van der Waals surface area contributed by atoms with Crippen LogP contribution in [-0.2, 0) is 0 Å². The Hall–Kier alpha value is -2.38. The van der Waals surface area contributed by atoms with Gasteiger partial charge < -0.3 is 0 Å². The van der Waals surface area contributed by atoms with Gasteiger partial charge in [0.2, 0.25) is 0 Å². The topological polar surface area (TPSA) is 12.9 Å². The van der Waals surface area contributed by atoms with Gasteiger partial charge in [-0.25, -0.2) is 4.98 Å². The monoisotopic (exact) mass is 305 g/mol. The molecule has 22 heavy (non-hydrogen) atoms. The van der Waals surface area contributed by atoms with Crippen LogP contribution in [0.1, 0.15) is 16.8 Å². The molecule has 0 amide bonds. The Balaban J connectivity index is 1.74. The number of halogens is 1. The summed E-state index contributed by atoms with van der Waals surface area (Å²) >= 11 is 5.86. The Morgan fingerprint density at radius 1 is 0.864 bits per heavy atom. The summed E-state index contributed by atoms with van der Waals surface area (Å²) in [5, 5.41) is 1.93. The van der Waals surface area contributed by atoms with E-state index >= 15 is 0 Å². The van der Waals surface area contributed by atoms with E-state index in [0.717, 1.165) is 21.8 Å². The molecule has 2 heteroatoms. The van der Waals surface area contributed by atoms with Gasteiger partial charge in [0.05, 0.1) is 11.2 Å². The highest BCUT2D eigenvalue weighted by Gasteiger charge is 1.95. The summed E-state index contributed by atoms with van der Waals surface area (Å²) in [6, 6.07) is 18.2. The molecule has 108 valence electrons. The molecular formula is C20H16ClN. The van der Waals surface area contributed by atoms with Gasteiger partial charge in [-0.1, -0.05) is 59.7 Å². The normalized spacial score (nSPS) is 11.7. The van der Waals surface area contributed by atoms with Gasteiger partial charge in [0.1, 0.15) is 0 Å². The second-order valence-corrected chi connectivity index (χ2v) is 5.64. The second kappa shape index (κ2) is 6.59. The minimum Gasteiger partial charge on any atom is -0.248 e. The molecule has 0 aliphatic rings. The SMILES string of the molecule is Cc1ccc2nc(/C=C/C=C/c3ccc(Cl)cc3)ccc2c1. The van der Waals surface area contributed by atoms with Gasteiger partial charge in [-0.05, 0) is 48.9 Å². The highest BCUT2D eigenvalue weighted by atomic mass is 35.5. The molecule has 0 atom stereocenters. The number of pyridine rings is 1. The van der Waals surface area contributed by atoms with Crippen LogP contribution in [0.2, 0.25) is 5.02 Å². The van der Waals surface area contributed by atoms with Crippen LogP contribution in [0.5, 0.6) is 0 Å². The lowest BCUT2D eigenvalue weighted by Gasteiger charge is -2.00. The van der Waals surface area contributed by atoms with Crippen LogP contribution >= 0.6 is 11.6 Å². The fourth-order valence-electron chi connectivity index (χ4n) is 2.25. The van der Waals surface area contributed by atoms with E-state index < -0.39 is 0 Å². The highest BCUT2D eigenvalue weighted by Crippen LogP contribution is 2.15. The van der Waals surface area contributed by atoms with Crippen molar-refractivity contribution < 1.29 is 0 Å². The summed E-state index contributed by atoms with van der Waals surface area (Å²) in [7, 11) is 0. The van der Waals surface area contributed by atoms with Crippen molar-refractivity contribution in [1.29, 1.82) is 0 Å². The highest BCUT2D eigenvalue weighted by molar-refractivity contribution is 6.30. The lowest BCUT2D eigenvalue weighted by molar-refractivity contribution is 1.36. The third-order valence-corrected chi connectivity index (χ3v) is 3.65. The van der Waals surface area contributed by atoms with Crippen molar-refractivity contribution in [2.75, 3.05) is 0 Å². The first kappa shape index (κ1) is 14.6. The van der Waals surface area contributed by atoms with E-state index in [1.807, 2.05) is 54.6 Å². The van der Waals surface area contributed by atoms with Gasteiger partial charge in [-0.15, -0.1) is 0 Å². The Morgan fingerprint density at radius 3 is 2.45 bits per heavy atom. The molecule has 0 unspecified atom stereocenters. The molecule has 0 aliphatic heterocycles. The predicted octanol–water partition coefficient (Wildman–Crippen LogP) is 5.92. The maximum atomic E-state index is 5.86. The number of fused-ring (bicyclic) bond motifs is 1. The Labute approximate surface area is 135 Å². The van der Waals surface area contributed by atoms with Crippen LogP contribution < -0.4 is 0 Å². The zero-order chi connectivity index (χ0) is 15.4. The number of hydrogen-bond acceptors (Lipinski definition) is 1. The van der Waals surface area contributed by atoms with Gasteiger partial charge in [-0.2, -0.15) is 0 Å². The molecular weight excluding hydrogens is 290 g/mol. The maximum Gasteiger partial charge on any atom is 0.0709 e. The lowest BCUT2D eigenvalue weighted by atomic mass is 10.1. The van der Waals surface area contributed by atoms with Crippen molar-refractivity contribution in [2.45, 2.75) is 6.92 Å². The number of nitrogens with zero attached hydrogens (tertiary/aromatic N) is 1. The summed E-state index contributed by atoms with van der Waals surface area (Å²) in [6.45, 7) is 2.09. The first-order chi connectivity index (χ1) is 10.7. The summed E-state index contributed by atoms with van der Waals surface area (Å²) < 4.78 is 0. The average Bonchev–Trinajstić information content (AvgIpc) is 2.53. The Kier molecular flexibility index (Phi) is 4.36. The van der Waals surface area contributed by atoms with Gasteiger partial charge in [0.15, 0.2) is 0 Å². The van der Waals surface area contributed by atoms with E-state index in [2.05, 4.69) is 36.2 Å². The second-order valence-electron chi connectivity index (χ2n) is 5.20. The van der Waals surface area contributed by atoms with Crippen LogP contribution in [0.3, 0.4) is 0 Å². The van der Waals surface area contributed by atoms with Crippen molar-refractivity contribution >= 4 is 34.7 Å². The first-order valence-electron chi connectivity index (χ1n) is 7.18. The van der Waals surface area contributed by atoms with Crippen LogP contribution in [0.15, 0.2) is 66.7 Å². The molecule has 0 N–H and O–H groups in total. The minimum absolute atomic E-state index is 0.753. The van der Waals surface area contributed by atoms with E-state index in [1.165, 1.54) is 10.9 Å². The lowest BCUT2D eigenvalue weighted by Crippen LogP contribution is -1.83. The van der Waals surface area contributed by atoms with Gasteiger partial charge >= 0.3 is 0 Å². The third kappa shape index (κ3) is 3.63. The van der Waals surface area contributed by atoms with Gasteiger partial charge in [0, 0.05) is 10.4 Å². The fourth-order valence-corrected chi connectivity index (χ4v) is 2.37. The zero-order valence-corrected chi connectivity index (χ0v) is 13.1. The number of hydrogen-bond donors (Lipinski definition) is 0. The van der Waals surface area contributed by atoms with Crippen LogP contribution in [0.25, 0.3) is 23.1 Å². The summed E-state index contributed by atoms with van der Waals surface area (Å²) in [5.74, 6) is 0. The molecule has 1 aromatic heterocycles. The minimum atomic E-state index is 0.753. The molecule has 0 fully saturated rings. The summed E-state index contributed by atoms with van der Waals surface area (Å²) in [6.07, 6.45) is 8.05. The molecule has 0 bridgehead atoms. The number of aromatic nitrogens is 1. The van der Waals surface area contributed by atoms with E-state index in [0.29, 0.717) is 0 Å². The van der Waals surface area contributed by atoms with Gasteiger partial charge in [0.25, 0.3) is 0 Å². The number of benzene rings is 2. The molecule has 2 aromatic carbocycles. The number of allylic oxidation sites excluding steroid dienone is 2. The molecule has 0 aliphatic carbocycles. The molecule has 0 saturated heterocycles. The van der Waals surface area contributed by atoms with E-state index in [-0.39, 0.29) is 0 Å². The smallest absolute Gasteiger partial charge is 0.0709 e. The fraction of sp³-hybridized carbons (Fsp3) is 0.0500. The van der Waals surface area contributed by atoms with Gasteiger partial charge in [-0.3, -0.25) is 0 Å². The van der Waals surface area contributed by atoms with Crippen molar-refractivity contribution in [3.63, 3.8) is 0 Å². The quantitative estimate of drug-likeness (QED) is 0.547. The van der Waals surface area contributed by atoms with E-state index in [9.17, 15) is 0 Å². The molecule has 0 saturated carbocycles. The van der Waals surface area contributed by atoms with Crippen molar-refractivity contribution in [3.8, 4) is 0 Å². The standard InChI is InChI=1S/C20H16ClN/c1-15-6-13-20-17(14-15)9-12-19(22-20)5-3-2-4-16-7-10-18(21)11-8-16/h2-14H,1H3/b4-2+,5-3+.